The van der Waals surface area contributed by atoms with Gasteiger partial charge in [-0.3, -0.25) is 0 Å². The molecular weight excluding hydrogens is 338 g/mol. The third-order valence-corrected chi connectivity index (χ3v) is 5.24. The van der Waals surface area contributed by atoms with Gasteiger partial charge in [0.15, 0.2) is 0 Å². The molecule has 1 unspecified atom stereocenters. The normalized spacial score (nSPS) is 19.1. The van der Waals surface area contributed by atoms with Crippen LogP contribution in [0.1, 0.15) is 38.2 Å². The predicted octanol–water partition coefficient (Wildman–Crippen LogP) is 4.25. The number of nitrogens with zero attached hydrogens (tertiary/aromatic N) is 3. The average molecular weight is 360 g/mol. The molecule has 0 bridgehead atoms. The van der Waals surface area contributed by atoms with Crippen molar-refractivity contribution in [2.24, 2.45) is 5.92 Å². The van der Waals surface area contributed by atoms with Crippen molar-refractivity contribution in [2.45, 2.75) is 38.0 Å². The van der Waals surface area contributed by atoms with Gasteiger partial charge in [-0.2, -0.15) is 10.5 Å². The minimum absolute atomic E-state index is 0.0186. The molecular formula is C18H22BrN3. The van der Waals surface area contributed by atoms with E-state index in [1.54, 1.807) is 0 Å². The Morgan fingerprint density at radius 1 is 1.32 bits per heavy atom. The van der Waals surface area contributed by atoms with Crippen molar-refractivity contribution in [2.75, 3.05) is 19.6 Å². The van der Waals surface area contributed by atoms with Gasteiger partial charge in [-0.05, 0) is 55.5 Å². The SMILES string of the molecule is CC1(c2cccc(Br)c2)CCN(CC(C#N)CCC#N)CC1. The molecule has 116 valence electrons. The van der Waals surface area contributed by atoms with E-state index in [0.717, 1.165) is 36.9 Å². The van der Waals surface area contributed by atoms with Crippen molar-refractivity contribution in [3.63, 3.8) is 0 Å². The fourth-order valence-corrected chi connectivity index (χ4v) is 3.53. The lowest BCUT2D eigenvalue weighted by molar-refractivity contribution is 0.155. The molecule has 1 aromatic rings. The Balaban J connectivity index is 1.92. The Hall–Kier alpha value is -1.36. The number of hydrogen-bond donors (Lipinski definition) is 0. The second-order valence-corrected chi connectivity index (χ2v) is 7.31. The molecule has 0 aromatic heterocycles. The second-order valence-electron chi connectivity index (χ2n) is 6.39. The van der Waals surface area contributed by atoms with E-state index in [2.05, 4.69) is 64.2 Å². The molecule has 0 saturated carbocycles. The topological polar surface area (TPSA) is 50.8 Å². The number of nitriles is 2. The summed E-state index contributed by atoms with van der Waals surface area (Å²) < 4.78 is 1.13. The Kier molecular flexibility index (Phi) is 6.00. The van der Waals surface area contributed by atoms with E-state index in [4.69, 9.17) is 5.26 Å². The second kappa shape index (κ2) is 7.77. The van der Waals surface area contributed by atoms with Gasteiger partial charge in [-0.1, -0.05) is 35.0 Å². The summed E-state index contributed by atoms with van der Waals surface area (Å²) in [6, 6.07) is 13.1. The van der Waals surface area contributed by atoms with Gasteiger partial charge in [0, 0.05) is 17.4 Å². The first kappa shape index (κ1) is 17.0. The third kappa shape index (κ3) is 4.32. The summed E-state index contributed by atoms with van der Waals surface area (Å²) in [7, 11) is 0. The minimum Gasteiger partial charge on any atom is -0.302 e. The molecule has 1 fully saturated rings. The van der Waals surface area contributed by atoms with Crippen LogP contribution in [-0.4, -0.2) is 24.5 Å². The van der Waals surface area contributed by atoms with E-state index in [-0.39, 0.29) is 11.3 Å². The summed E-state index contributed by atoms with van der Waals surface area (Å²) >= 11 is 3.56. The molecule has 0 aliphatic carbocycles. The number of halogens is 1. The van der Waals surface area contributed by atoms with Gasteiger partial charge in [0.25, 0.3) is 0 Å². The van der Waals surface area contributed by atoms with E-state index in [1.807, 2.05) is 0 Å². The number of benzene rings is 1. The zero-order valence-corrected chi connectivity index (χ0v) is 14.6. The van der Waals surface area contributed by atoms with Gasteiger partial charge < -0.3 is 4.90 Å². The zero-order chi connectivity index (χ0) is 16.0. The Labute approximate surface area is 141 Å². The third-order valence-electron chi connectivity index (χ3n) is 4.75. The zero-order valence-electron chi connectivity index (χ0n) is 13.1. The molecule has 0 spiro atoms. The van der Waals surface area contributed by atoms with Crippen molar-refractivity contribution >= 4 is 15.9 Å². The van der Waals surface area contributed by atoms with Gasteiger partial charge in [0.05, 0.1) is 18.1 Å². The first-order valence-electron chi connectivity index (χ1n) is 7.82. The largest absolute Gasteiger partial charge is 0.302 e. The molecule has 4 heteroatoms. The molecule has 0 N–H and O–H groups in total. The number of likely N-dealkylation sites (tertiary alicyclic amines) is 1. The molecule has 22 heavy (non-hydrogen) atoms. The maximum atomic E-state index is 9.20. The van der Waals surface area contributed by atoms with Gasteiger partial charge in [0.1, 0.15) is 0 Å². The summed E-state index contributed by atoms with van der Waals surface area (Å²) in [6.45, 7) is 5.18. The Bertz CT molecular complexity index is 577. The summed E-state index contributed by atoms with van der Waals surface area (Å²) in [5.41, 5.74) is 1.61. The summed E-state index contributed by atoms with van der Waals surface area (Å²) in [6.07, 6.45) is 3.38. The van der Waals surface area contributed by atoms with Crippen LogP contribution in [0.15, 0.2) is 28.7 Å². The fraction of sp³-hybridized carbons (Fsp3) is 0.556. The van der Waals surface area contributed by atoms with Gasteiger partial charge in [0.2, 0.25) is 0 Å². The molecule has 2 rings (SSSR count). The molecule has 1 atom stereocenters. The molecule has 1 saturated heterocycles. The van der Waals surface area contributed by atoms with Gasteiger partial charge in [-0.15, -0.1) is 0 Å². The van der Waals surface area contributed by atoms with Crippen LogP contribution in [0.2, 0.25) is 0 Å². The van der Waals surface area contributed by atoms with Crippen LogP contribution in [0.25, 0.3) is 0 Å². The highest BCUT2D eigenvalue weighted by Gasteiger charge is 2.32. The van der Waals surface area contributed by atoms with Gasteiger partial charge in [-0.25, -0.2) is 0 Å². The van der Waals surface area contributed by atoms with E-state index in [0.29, 0.717) is 12.8 Å². The monoisotopic (exact) mass is 359 g/mol. The first-order valence-corrected chi connectivity index (χ1v) is 8.62. The van der Waals surface area contributed by atoms with Crippen LogP contribution in [-0.2, 0) is 5.41 Å². The van der Waals surface area contributed by atoms with Crippen LogP contribution < -0.4 is 0 Å². The highest BCUT2D eigenvalue weighted by molar-refractivity contribution is 9.10. The van der Waals surface area contributed by atoms with E-state index in [9.17, 15) is 5.26 Å². The molecule has 3 nitrogen and oxygen atoms in total. The lowest BCUT2D eigenvalue weighted by Crippen LogP contribution is -2.42. The van der Waals surface area contributed by atoms with Crippen LogP contribution in [0.4, 0.5) is 0 Å². The Morgan fingerprint density at radius 2 is 2.05 bits per heavy atom. The van der Waals surface area contributed by atoms with Crippen molar-refractivity contribution in [3.05, 3.63) is 34.3 Å². The standard InChI is InChI=1S/C18H22BrN3/c1-18(16-5-2-6-17(19)12-16)7-10-22(11-8-18)14-15(13-21)4-3-9-20/h2,5-6,12,15H,3-4,7-8,10-11,14H2,1H3. The average Bonchev–Trinajstić information content (AvgIpc) is 2.53. The van der Waals surface area contributed by atoms with E-state index in [1.165, 1.54) is 5.56 Å². The maximum Gasteiger partial charge on any atom is 0.0669 e. The smallest absolute Gasteiger partial charge is 0.0669 e. The van der Waals surface area contributed by atoms with Crippen LogP contribution in [0, 0.1) is 28.6 Å². The lowest BCUT2D eigenvalue weighted by atomic mass is 9.74. The van der Waals surface area contributed by atoms with Crippen molar-refractivity contribution in [1.82, 2.24) is 4.90 Å². The van der Waals surface area contributed by atoms with Crippen molar-refractivity contribution < 1.29 is 0 Å². The van der Waals surface area contributed by atoms with Gasteiger partial charge >= 0.3 is 0 Å². The molecule has 0 amide bonds. The molecule has 1 aliphatic heterocycles. The van der Waals surface area contributed by atoms with E-state index >= 15 is 0 Å². The van der Waals surface area contributed by atoms with E-state index < -0.39 is 0 Å². The first-order chi connectivity index (χ1) is 10.6. The van der Waals surface area contributed by atoms with Crippen molar-refractivity contribution in [1.29, 1.82) is 10.5 Å². The quantitative estimate of drug-likeness (QED) is 0.789. The summed E-state index contributed by atoms with van der Waals surface area (Å²) in [5, 5.41) is 17.9. The predicted molar refractivity (Wildman–Crippen MR) is 91.1 cm³/mol. The molecule has 1 aliphatic rings. The summed E-state index contributed by atoms with van der Waals surface area (Å²) in [5.74, 6) is -0.0186. The molecule has 1 heterocycles. The Morgan fingerprint density at radius 3 is 2.64 bits per heavy atom. The minimum atomic E-state index is -0.0186. The highest BCUT2D eigenvalue weighted by Crippen LogP contribution is 2.36. The lowest BCUT2D eigenvalue weighted by Gasteiger charge is -2.40. The fourth-order valence-electron chi connectivity index (χ4n) is 3.13. The molecule has 1 aromatic carbocycles. The summed E-state index contributed by atoms with van der Waals surface area (Å²) in [4.78, 5) is 2.38. The number of hydrogen-bond acceptors (Lipinski definition) is 3. The van der Waals surface area contributed by atoms with Crippen molar-refractivity contribution in [3.8, 4) is 12.1 Å². The number of rotatable bonds is 5. The number of piperidine rings is 1. The van der Waals surface area contributed by atoms with Crippen LogP contribution >= 0.6 is 15.9 Å². The van der Waals surface area contributed by atoms with Crippen LogP contribution in [0.3, 0.4) is 0 Å². The maximum absolute atomic E-state index is 9.20. The van der Waals surface area contributed by atoms with Crippen LogP contribution in [0.5, 0.6) is 0 Å². The molecule has 0 radical (unpaired) electrons. The highest BCUT2D eigenvalue weighted by atomic mass is 79.9.